The highest BCUT2D eigenvalue weighted by molar-refractivity contribution is 5.93. The molecule has 0 radical (unpaired) electrons. The molecule has 3 amide bonds. The van der Waals surface area contributed by atoms with Gasteiger partial charge < -0.3 is 15.5 Å². The molecule has 6 nitrogen and oxygen atoms in total. The lowest BCUT2D eigenvalue weighted by Gasteiger charge is -2.35. The SMILES string of the molecule is CCc1ccccc1NC(=O)CN1CCN(C(=O)NC(C)Cc2ccccc2F)CC1. The van der Waals surface area contributed by atoms with E-state index in [0.717, 1.165) is 17.7 Å². The van der Waals surface area contributed by atoms with Crippen molar-refractivity contribution in [2.75, 3.05) is 38.0 Å². The molecule has 1 unspecified atom stereocenters. The molecule has 0 saturated carbocycles. The zero-order chi connectivity index (χ0) is 22.2. The summed E-state index contributed by atoms with van der Waals surface area (Å²) in [6, 6.07) is 14.1. The summed E-state index contributed by atoms with van der Waals surface area (Å²) in [5, 5.41) is 5.94. The van der Waals surface area contributed by atoms with Crippen molar-refractivity contribution in [3.63, 3.8) is 0 Å². The number of carbonyl (C=O) groups is 2. The van der Waals surface area contributed by atoms with E-state index in [2.05, 4.69) is 22.5 Å². The number of urea groups is 1. The second-order valence-corrected chi connectivity index (χ2v) is 7.97. The first-order valence-corrected chi connectivity index (χ1v) is 10.8. The lowest BCUT2D eigenvalue weighted by molar-refractivity contribution is -0.117. The summed E-state index contributed by atoms with van der Waals surface area (Å²) in [4.78, 5) is 28.8. The van der Waals surface area contributed by atoms with E-state index in [0.29, 0.717) is 44.7 Å². The lowest BCUT2D eigenvalue weighted by Crippen LogP contribution is -2.54. The van der Waals surface area contributed by atoms with Crippen LogP contribution < -0.4 is 10.6 Å². The van der Waals surface area contributed by atoms with Crippen LogP contribution in [0.3, 0.4) is 0 Å². The maximum Gasteiger partial charge on any atom is 0.317 e. The highest BCUT2D eigenvalue weighted by Gasteiger charge is 2.23. The number of nitrogens with zero attached hydrogens (tertiary/aromatic N) is 2. The Kier molecular flexibility index (Phi) is 8.00. The van der Waals surface area contributed by atoms with Crippen LogP contribution >= 0.6 is 0 Å². The third kappa shape index (κ3) is 6.52. The molecule has 0 aromatic heterocycles. The van der Waals surface area contributed by atoms with E-state index in [-0.39, 0.29) is 23.8 Å². The van der Waals surface area contributed by atoms with Crippen molar-refractivity contribution in [1.29, 1.82) is 0 Å². The summed E-state index contributed by atoms with van der Waals surface area (Å²) in [6.07, 6.45) is 1.30. The largest absolute Gasteiger partial charge is 0.335 e. The van der Waals surface area contributed by atoms with Gasteiger partial charge in [-0.15, -0.1) is 0 Å². The van der Waals surface area contributed by atoms with Gasteiger partial charge in [0, 0.05) is 37.9 Å². The minimum absolute atomic E-state index is 0.0442. The Balaban J connectivity index is 1.42. The number of hydrogen-bond acceptors (Lipinski definition) is 3. The summed E-state index contributed by atoms with van der Waals surface area (Å²) in [6.45, 7) is 6.62. The van der Waals surface area contributed by atoms with E-state index in [9.17, 15) is 14.0 Å². The molecule has 7 heteroatoms. The van der Waals surface area contributed by atoms with Gasteiger partial charge in [0.1, 0.15) is 5.82 Å². The van der Waals surface area contributed by atoms with E-state index in [1.165, 1.54) is 6.07 Å². The fourth-order valence-electron chi connectivity index (χ4n) is 3.80. The number of anilines is 1. The van der Waals surface area contributed by atoms with Gasteiger partial charge in [0.2, 0.25) is 5.91 Å². The normalized spacial score (nSPS) is 15.4. The lowest BCUT2D eigenvalue weighted by atomic mass is 10.1. The number of piperazine rings is 1. The molecule has 1 fully saturated rings. The van der Waals surface area contributed by atoms with Gasteiger partial charge in [-0.05, 0) is 43.0 Å². The Bertz CT molecular complexity index is 897. The highest BCUT2D eigenvalue weighted by atomic mass is 19.1. The summed E-state index contributed by atoms with van der Waals surface area (Å²) in [5.74, 6) is -0.297. The smallest absolute Gasteiger partial charge is 0.317 e. The van der Waals surface area contributed by atoms with Gasteiger partial charge in [-0.3, -0.25) is 9.69 Å². The van der Waals surface area contributed by atoms with Crippen molar-refractivity contribution in [1.82, 2.24) is 15.1 Å². The molecule has 1 aliphatic heterocycles. The maximum atomic E-state index is 13.8. The summed E-state index contributed by atoms with van der Waals surface area (Å²) >= 11 is 0. The van der Waals surface area contributed by atoms with Gasteiger partial charge >= 0.3 is 6.03 Å². The molecule has 166 valence electrons. The first-order chi connectivity index (χ1) is 15.0. The summed E-state index contributed by atoms with van der Waals surface area (Å²) in [7, 11) is 0. The Hall–Kier alpha value is -2.93. The van der Waals surface area contributed by atoms with Crippen molar-refractivity contribution in [3.05, 3.63) is 65.5 Å². The van der Waals surface area contributed by atoms with Crippen molar-refractivity contribution < 1.29 is 14.0 Å². The number of hydrogen-bond donors (Lipinski definition) is 2. The van der Waals surface area contributed by atoms with Crippen molar-refractivity contribution in [2.45, 2.75) is 32.7 Å². The third-order valence-corrected chi connectivity index (χ3v) is 5.55. The van der Waals surface area contributed by atoms with Crippen LogP contribution in [0.15, 0.2) is 48.5 Å². The molecule has 0 aliphatic carbocycles. The number of carbonyl (C=O) groups excluding carboxylic acids is 2. The van der Waals surface area contributed by atoms with E-state index < -0.39 is 0 Å². The predicted molar refractivity (Wildman–Crippen MR) is 121 cm³/mol. The first kappa shape index (κ1) is 22.7. The molecule has 31 heavy (non-hydrogen) atoms. The Morgan fingerprint density at radius 2 is 1.65 bits per heavy atom. The van der Waals surface area contributed by atoms with Crippen LogP contribution in [-0.2, 0) is 17.6 Å². The minimum atomic E-state index is -0.253. The predicted octanol–water partition coefficient (Wildman–Crippen LogP) is 3.29. The van der Waals surface area contributed by atoms with Crippen molar-refractivity contribution >= 4 is 17.6 Å². The molecule has 2 aromatic carbocycles. The molecule has 2 N–H and O–H groups in total. The molecular formula is C24H31FN4O2. The minimum Gasteiger partial charge on any atom is -0.335 e. The molecule has 1 aliphatic rings. The van der Waals surface area contributed by atoms with Crippen LogP contribution in [0.5, 0.6) is 0 Å². The van der Waals surface area contributed by atoms with Gasteiger partial charge in [-0.1, -0.05) is 43.3 Å². The number of rotatable bonds is 7. The average molecular weight is 427 g/mol. The zero-order valence-electron chi connectivity index (χ0n) is 18.2. The monoisotopic (exact) mass is 426 g/mol. The van der Waals surface area contributed by atoms with Gasteiger partial charge in [0.05, 0.1) is 6.54 Å². The number of para-hydroxylation sites is 1. The molecule has 2 aromatic rings. The number of benzene rings is 2. The van der Waals surface area contributed by atoms with Crippen LogP contribution in [0, 0.1) is 5.82 Å². The van der Waals surface area contributed by atoms with Crippen LogP contribution in [0.4, 0.5) is 14.9 Å². The molecule has 1 atom stereocenters. The topological polar surface area (TPSA) is 64.7 Å². The van der Waals surface area contributed by atoms with Crippen LogP contribution in [0.25, 0.3) is 0 Å². The number of amides is 3. The van der Waals surface area contributed by atoms with Gasteiger partial charge in [-0.25, -0.2) is 9.18 Å². The summed E-state index contributed by atoms with van der Waals surface area (Å²) < 4.78 is 13.8. The van der Waals surface area contributed by atoms with Crippen molar-refractivity contribution in [2.24, 2.45) is 0 Å². The maximum absolute atomic E-state index is 13.8. The first-order valence-electron chi connectivity index (χ1n) is 10.8. The van der Waals surface area contributed by atoms with Crippen molar-refractivity contribution in [3.8, 4) is 0 Å². The third-order valence-electron chi connectivity index (χ3n) is 5.55. The molecule has 0 spiro atoms. The Morgan fingerprint density at radius 3 is 2.32 bits per heavy atom. The van der Waals surface area contributed by atoms with E-state index in [4.69, 9.17) is 0 Å². The Labute approximate surface area is 183 Å². The second-order valence-electron chi connectivity index (χ2n) is 7.97. The van der Waals surface area contributed by atoms with E-state index in [1.54, 1.807) is 23.1 Å². The number of nitrogens with one attached hydrogen (secondary N) is 2. The van der Waals surface area contributed by atoms with Gasteiger partial charge in [0.15, 0.2) is 0 Å². The standard InChI is InChI=1S/C24H31FN4O2/c1-3-19-8-5-7-11-22(19)27-23(30)17-28-12-14-29(15-13-28)24(31)26-18(2)16-20-9-4-6-10-21(20)25/h4-11,18H,3,12-17H2,1-2H3,(H,26,31)(H,27,30). The van der Waals surface area contributed by atoms with Crippen LogP contribution in [-0.4, -0.2) is 60.5 Å². The van der Waals surface area contributed by atoms with Gasteiger partial charge in [-0.2, -0.15) is 0 Å². The van der Waals surface area contributed by atoms with Gasteiger partial charge in [0.25, 0.3) is 0 Å². The number of aryl methyl sites for hydroxylation is 1. The fourth-order valence-corrected chi connectivity index (χ4v) is 3.80. The average Bonchev–Trinajstić information content (AvgIpc) is 2.76. The molecule has 1 saturated heterocycles. The molecular weight excluding hydrogens is 395 g/mol. The molecule has 3 rings (SSSR count). The Morgan fingerprint density at radius 1 is 1.00 bits per heavy atom. The van der Waals surface area contributed by atoms with E-state index >= 15 is 0 Å². The van der Waals surface area contributed by atoms with E-state index in [1.807, 2.05) is 31.2 Å². The van der Waals surface area contributed by atoms with Crippen LogP contribution in [0.2, 0.25) is 0 Å². The number of halogens is 1. The second kappa shape index (κ2) is 10.9. The quantitative estimate of drug-likeness (QED) is 0.714. The summed E-state index contributed by atoms with van der Waals surface area (Å²) in [5.41, 5.74) is 2.56. The molecule has 0 bridgehead atoms. The fraction of sp³-hybridized carbons (Fsp3) is 0.417. The molecule has 1 heterocycles. The van der Waals surface area contributed by atoms with Crippen LogP contribution in [0.1, 0.15) is 25.0 Å². The highest BCUT2D eigenvalue weighted by Crippen LogP contribution is 2.15. The zero-order valence-corrected chi connectivity index (χ0v) is 18.2.